The lowest BCUT2D eigenvalue weighted by atomic mass is 9.96. The van der Waals surface area contributed by atoms with Gasteiger partial charge in [0.05, 0.1) is 4.90 Å². The third-order valence-corrected chi connectivity index (χ3v) is 8.12. The van der Waals surface area contributed by atoms with Crippen LogP contribution in [0.4, 0.5) is 0 Å². The Balaban J connectivity index is 2.08. The molecule has 1 aliphatic heterocycles. The molecule has 29 heavy (non-hydrogen) atoms. The van der Waals surface area contributed by atoms with E-state index in [0.29, 0.717) is 30.8 Å². The van der Waals surface area contributed by atoms with E-state index in [1.54, 1.807) is 4.31 Å². The highest BCUT2D eigenvalue weighted by Crippen LogP contribution is 2.29. The molecule has 0 unspecified atom stereocenters. The highest BCUT2D eigenvalue weighted by atomic mass is 32.2. The highest BCUT2D eigenvalue weighted by Gasteiger charge is 2.35. The van der Waals surface area contributed by atoms with E-state index in [1.165, 1.54) is 0 Å². The summed E-state index contributed by atoms with van der Waals surface area (Å²) in [4.78, 5) is 15.5. The Kier molecular flexibility index (Phi) is 8.29. The first-order valence-corrected chi connectivity index (χ1v) is 12.4. The van der Waals surface area contributed by atoms with E-state index >= 15 is 0 Å². The van der Waals surface area contributed by atoms with Gasteiger partial charge in [-0.15, -0.1) is 0 Å². The molecule has 5 nitrogen and oxygen atoms in total. The monoisotopic (exact) mass is 422 g/mol. The van der Waals surface area contributed by atoms with Gasteiger partial charge in [-0.1, -0.05) is 37.5 Å². The Labute approximate surface area is 177 Å². The molecule has 0 aliphatic carbocycles. The molecular formula is C23H38N2O3S. The Bertz CT molecular complexity index is 786. The summed E-state index contributed by atoms with van der Waals surface area (Å²) < 4.78 is 28.1. The third kappa shape index (κ3) is 5.60. The Hall–Kier alpha value is -1.40. The van der Waals surface area contributed by atoms with Crippen LogP contribution in [-0.4, -0.2) is 49.2 Å². The Morgan fingerprint density at radius 1 is 1.10 bits per heavy atom. The van der Waals surface area contributed by atoms with Crippen molar-refractivity contribution in [2.75, 3.05) is 19.6 Å². The summed E-state index contributed by atoms with van der Waals surface area (Å²) >= 11 is 0. The molecular weight excluding hydrogens is 384 g/mol. The van der Waals surface area contributed by atoms with Gasteiger partial charge in [0, 0.05) is 31.6 Å². The zero-order valence-electron chi connectivity index (χ0n) is 19.0. The number of benzene rings is 1. The van der Waals surface area contributed by atoms with Gasteiger partial charge in [0.1, 0.15) is 0 Å². The van der Waals surface area contributed by atoms with Crippen molar-refractivity contribution in [3.63, 3.8) is 0 Å². The van der Waals surface area contributed by atoms with Crippen LogP contribution in [0.15, 0.2) is 17.0 Å². The van der Waals surface area contributed by atoms with Crippen molar-refractivity contribution in [1.29, 1.82) is 0 Å². The fraction of sp³-hybridized carbons (Fsp3) is 0.696. The second-order valence-electron chi connectivity index (χ2n) is 8.74. The van der Waals surface area contributed by atoms with Crippen molar-refractivity contribution in [1.82, 2.24) is 9.21 Å². The van der Waals surface area contributed by atoms with Crippen molar-refractivity contribution < 1.29 is 13.2 Å². The average molecular weight is 423 g/mol. The molecule has 0 radical (unpaired) electrons. The summed E-state index contributed by atoms with van der Waals surface area (Å²) in [6, 6.07) is 4.03. The molecule has 1 aromatic rings. The van der Waals surface area contributed by atoms with Gasteiger partial charge in [-0.3, -0.25) is 4.79 Å². The molecule has 1 aromatic carbocycles. The van der Waals surface area contributed by atoms with Crippen molar-refractivity contribution in [3.05, 3.63) is 28.8 Å². The fourth-order valence-electron chi connectivity index (χ4n) is 4.44. The summed E-state index contributed by atoms with van der Waals surface area (Å²) in [6.45, 7) is 13.6. The lowest BCUT2D eigenvalue weighted by Crippen LogP contribution is -2.46. The molecule has 1 aliphatic rings. The number of hydrogen-bond donors (Lipinski definition) is 0. The van der Waals surface area contributed by atoms with E-state index in [-0.39, 0.29) is 17.9 Å². The van der Waals surface area contributed by atoms with Crippen molar-refractivity contribution in [2.24, 2.45) is 5.92 Å². The van der Waals surface area contributed by atoms with E-state index in [0.717, 1.165) is 42.5 Å². The van der Waals surface area contributed by atoms with Crippen LogP contribution in [0.25, 0.3) is 0 Å². The van der Waals surface area contributed by atoms with Crippen LogP contribution in [0.1, 0.15) is 69.6 Å². The summed E-state index contributed by atoms with van der Waals surface area (Å²) in [5, 5.41) is 0. The minimum Gasteiger partial charge on any atom is -0.340 e. The number of aryl methyl sites for hydroxylation is 3. The minimum absolute atomic E-state index is 0.0781. The van der Waals surface area contributed by atoms with Gasteiger partial charge in [0.15, 0.2) is 0 Å². The zero-order chi connectivity index (χ0) is 21.8. The Morgan fingerprint density at radius 2 is 1.66 bits per heavy atom. The van der Waals surface area contributed by atoms with Gasteiger partial charge >= 0.3 is 0 Å². The molecule has 1 fully saturated rings. The van der Waals surface area contributed by atoms with Crippen molar-refractivity contribution in [2.45, 2.75) is 84.6 Å². The number of sulfonamides is 1. The SMILES string of the molecule is CCCCCN(C(=O)C1CCN(S(=O)(=O)c2c(C)cc(C)cc2C)CC1)C(C)C. The number of amides is 1. The van der Waals surface area contributed by atoms with Crippen molar-refractivity contribution >= 4 is 15.9 Å². The highest BCUT2D eigenvalue weighted by molar-refractivity contribution is 7.89. The topological polar surface area (TPSA) is 57.7 Å². The number of carbonyl (C=O) groups is 1. The molecule has 1 heterocycles. The summed E-state index contributed by atoms with van der Waals surface area (Å²) in [6.07, 6.45) is 4.48. The lowest BCUT2D eigenvalue weighted by molar-refractivity contribution is -0.138. The van der Waals surface area contributed by atoms with E-state index in [9.17, 15) is 13.2 Å². The maximum absolute atomic E-state index is 13.3. The van der Waals surface area contributed by atoms with Crippen LogP contribution in [0, 0.1) is 26.7 Å². The maximum Gasteiger partial charge on any atom is 0.243 e. The maximum atomic E-state index is 13.3. The average Bonchev–Trinajstić information content (AvgIpc) is 2.63. The standard InChI is InChI=1S/C23H38N2O3S/c1-7-8-9-12-25(17(2)3)23(26)21-10-13-24(14-11-21)29(27,28)22-19(5)15-18(4)16-20(22)6/h15-17,21H,7-14H2,1-6H3. The van der Waals surface area contributed by atoms with E-state index in [2.05, 4.69) is 20.8 Å². The molecule has 0 N–H and O–H groups in total. The van der Waals surface area contributed by atoms with Crippen LogP contribution in [0.2, 0.25) is 0 Å². The predicted molar refractivity (Wildman–Crippen MR) is 119 cm³/mol. The molecule has 0 bridgehead atoms. The van der Waals surface area contributed by atoms with Gasteiger partial charge in [-0.05, 0) is 65.0 Å². The first kappa shape index (κ1) is 23.9. The minimum atomic E-state index is -3.53. The summed E-state index contributed by atoms with van der Waals surface area (Å²) in [5.74, 6) is 0.113. The molecule has 0 aromatic heterocycles. The Morgan fingerprint density at radius 3 is 2.14 bits per heavy atom. The molecule has 1 saturated heterocycles. The first-order chi connectivity index (χ1) is 13.6. The van der Waals surface area contributed by atoms with E-state index in [4.69, 9.17) is 0 Å². The zero-order valence-corrected chi connectivity index (χ0v) is 19.8. The van der Waals surface area contributed by atoms with E-state index < -0.39 is 10.0 Å². The van der Waals surface area contributed by atoms with Crippen LogP contribution in [0.3, 0.4) is 0 Å². The third-order valence-electron chi connectivity index (χ3n) is 5.91. The van der Waals surface area contributed by atoms with Crippen molar-refractivity contribution in [3.8, 4) is 0 Å². The molecule has 0 spiro atoms. The fourth-order valence-corrected chi connectivity index (χ4v) is 6.32. The van der Waals surface area contributed by atoms with E-state index in [1.807, 2.05) is 37.8 Å². The summed E-state index contributed by atoms with van der Waals surface area (Å²) in [5.41, 5.74) is 2.66. The van der Waals surface area contributed by atoms with Crippen LogP contribution >= 0.6 is 0 Å². The van der Waals surface area contributed by atoms with Gasteiger partial charge < -0.3 is 4.90 Å². The van der Waals surface area contributed by atoms with Crippen LogP contribution < -0.4 is 0 Å². The lowest BCUT2D eigenvalue weighted by Gasteiger charge is -2.35. The van der Waals surface area contributed by atoms with Crippen LogP contribution in [-0.2, 0) is 14.8 Å². The number of piperidine rings is 1. The molecule has 2 rings (SSSR count). The number of unbranched alkanes of at least 4 members (excludes halogenated alkanes) is 2. The number of carbonyl (C=O) groups excluding carboxylic acids is 1. The van der Waals surface area contributed by atoms with Gasteiger partial charge in [-0.2, -0.15) is 4.31 Å². The summed E-state index contributed by atoms with van der Waals surface area (Å²) in [7, 11) is -3.53. The number of rotatable bonds is 8. The van der Waals surface area contributed by atoms with Gasteiger partial charge in [0.2, 0.25) is 15.9 Å². The van der Waals surface area contributed by atoms with Gasteiger partial charge in [-0.25, -0.2) is 8.42 Å². The smallest absolute Gasteiger partial charge is 0.243 e. The van der Waals surface area contributed by atoms with Gasteiger partial charge in [0.25, 0.3) is 0 Å². The normalized spacial score (nSPS) is 16.4. The molecule has 164 valence electrons. The number of hydrogen-bond acceptors (Lipinski definition) is 3. The van der Waals surface area contributed by atoms with Crippen LogP contribution in [0.5, 0.6) is 0 Å². The predicted octanol–water partition coefficient (Wildman–Crippen LogP) is 4.44. The second kappa shape index (κ2) is 10.1. The first-order valence-electron chi connectivity index (χ1n) is 11.0. The number of nitrogens with zero attached hydrogens (tertiary/aromatic N) is 2. The molecule has 0 atom stereocenters. The second-order valence-corrected chi connectivity index (χ2v) is 10.6. The molecule has 0 saturated carbocycles. The largest absolute Gasteiger partial charge is 0.340 e. The molecule has 6 heteroatoms. The molecule has 1 amide bonds. The quantitative estimate of drug-likeness (QED) is 0.582.